The van der Waals surface area contributed by atoms with Gasteiger partial charge >= 0.3 is 0 Å². The maximum atomic E-state index is 12.2. The minimum Gasteiger partial charge on any atom is -0.343 e. The second kappa shape index (κ2) is 5.89. The number of hydrogen-bond donors (Lipinski definition) is 1. The molecule has 0 aliphatic carbocycles. The Kier molecular flexibility index (Phi) is 5.04. The summed E-state index contributed by atoms with van der Waals surface area (Å²) in [6, 6.07) is 2.01. The van der Waals surface area contributed by atoms with Crippen LogP contribution in [0.15, 0.2) is 16.7 Å². The lowest BCUT2D eigenvalue weighted by atomic mass is 10.3. The Hall–Kier alpha value is -0.520. The van der Waals surface area contributed by atoms with E-state index in [1.807, 2.05) is 28.7 Å². The van der Waals surface area contributed by atoms with E-state index in [2.05, 4.69) is 15.9 Å². The SMILES string of the molecule is CCn1cc(Br)cc1C(=O)N1CC[C@H](N)C1.Cl. The molecule has 6 heteroatoms. The molecule has 96 valence electrons. The van der Waals surface area contributed by atoms with Gasteiger partial charge in [-0.15, -0.1) is 12.4 Å². The molecule has 1 atom stereocenters. The third kappa shape index (κ3) is 3.03. The second-order valence-electron chi connectivity index (χ2n) is 4.13. The average Bonchev–Trinajstić information content (AvgIpc) is 2.83. The summed E-state index contributed by atoms with van der Waals surface area (Å²) in [6.45, 7) is 4.27. The Morgan fingerprint density at radius 2 is 2.35 bits per heavy atom. The zero-order valence-corrected chi connectivity index (χ0v) is 12.1. The third-order valence-corrected chi connectivity index (χ3v) is 3.37. The van der Waals surface area contributed by atoms with E-state index in [0.29, 0.717) is 6.54 Å². The normalized spacial score (nSPS) is 19.2. The number of likely N-dealkylation sites (tertiary alicyclic amines) is 1. The molecule has 2 heterocycles. The van der Waals surface area contributed by atoms with Crippen LogP contribution in [-0.4, -0.2) is 34.5 Å². The monoisotopic (exact) mass is 321 g/mol. The molecule has 1 aromatic heterocycles. The van der Waals surface area contributed by atoms with E-state index in [9.17, 15) is 4.79 Å². The highest BCUT2D eigenvalue weighted by Crippen LogP contribution is 2.18. The summed E-state index contributed by atoms with van der Waals surface area (Å²) in [7, 11) is 0. The highest BCUT2D eigenvalue weighted by atomic mass is 79.9. The van der Waals surface area contributed by atoms with Crippen LogP contribution >= 0.6 is 28.3 Å². The molecule has 0 aromatic carbocycles. The maximum absolute atomic E-state index is 12.2. The minimum atomic E-state index is 0. The first kappa shape index (κ1) is 14.5. The topological polar surface area (TPSA) is 51.3 Å². The summed E-state index contributed by atoms with van der Waals surface area (Å²) >= 11 is 3.40. The fourth-order valence-electron chi connectivity index (χ4n) is 2.05. The Bertz CT molecular complexity index is 407. The van der Waals surface area contributed by atoms with Gasteiger partial charge in [-0.25, -0.2) is 0 Å². The van der Waals surface area contributed by atoms with E-state index in [0.717, 1.165) is 29.7 Å². The number of carbonyl (C=O) groups excluding carboxylic acids is 1. The van der Waals surface area contributed by atoms with Crippen LogP contribution in [0.2, 0.25) is 0 Å². The number of aryl methyl sites for hydroxylation is 1. The van der Waals surface area contributed by atoms with Crippen LogP contribution in [0.25, 0.3) is 0 Å². The van der Waals surface area contributed by atoms with Gasteiger partial charge in [0.15, 0.2) is 0 Å². The zero-order valence-electron chi connectivity index (χ0n) is 9.73. The predicted molar refractivity (Wildman–Crippen MR) is 73.5 cm³/mol. The summed E-state index contributed by atoms with van der Waals surface area (Å²) in [5, 5.41) is 0. The Labute approximate surface area is 116 Å². The minimum absolute atomic E-state index is 0. The molecule has 1 aliphatic rings. The third-order valence-electron chi connectivity index (χ3n) is 2.93. The highest BCUT2D eigenvalue weighted by Gasteiger charge is 2.26. The van der Waals surface area contributed by atoms with Gasteiger partial charge in [0.2, 0.25) is 0 Å². The molecule has 1 aliphatic heterocycles. The molecular weight excluding hydrogens is 305 g/mol. The molecule has 0 saturated carbocycles. The Morgan fingerprint density at radius 3 is 2.88 bits per heavy atom. The van der Waals surface area contributed by atoms with Gasteiger partial charge in [-0.05, 0) is 35.3 Å². The Morgan fingerprint density at radius 1 is 1.65 bits per heavy atom. The van der Waals surface area contributed by atoms with Gasteiger partial charge < -0.3 is 15.2 Å². The number of halogens is 2. The van der Waals surface area contributed by atoms with Crippen molar-refractivity contribution in [1.29, 1.82) is 0 Å². The Balaban J connectivity index is 0.00000144. The number of hydrogen-bond acceptors (Lipinski definition) is 2. The molecule has 0 spiro atoms. The number of aromatic nitrogens is 1. The number of nitrogens with zero attached hydrogens (tertiary/aromatic N) is 2. The van der Waals surface area contributed by atoms with Gasteiger partial charge in [0, 0.05) is 36.3 Å². The van der Waals surface area contributed by atoms with Crippen molar-refractivity contribution in [3.63, 3.8) is 0 Å². The van der Waals surface area contributed by atoms with Crippen molar-refractivity contribution >= 4 is 34.2 Å². The smallest absolute Gasteiger partial charge is 0.270 e. The van der Waals surface area contributed by atoms with Crippen LogP contribution in [-0.2, 0) is 6.54 Å². The van der Waals surface area contributed by atoms with E-state index >= 15 is 0 Å². The summed E-state index contributed by atoms with van der Waals surface area (Å²) in [6.07, 6.45) is 2.84. The summed E-state index contributed by atoms with van der Waals surface area (Å²) in [4.78, 5) is 14.0. The van der Waals surface area contributed by atoms with E-state index in [1.54, 1.807) is 0 Å². The first-order valence-electron chi connectivity index (χ1n) is 5.52. The molecule has 4 nitrogen and oxygen atoms in total. The summed E-state index contributed by atoms with van der Waals surface area (Å²) in [5.41, 5.74) is 6.55. The number of rotatable bonds is 2. The van der Waals surface area contributed by atoms with Crippen molar-refractivity contribution in [1.82, 2.24) is 9.47 Å². The quantitative estimate of drug-likeness (QED) is 0.903. The zero-order chi connectivity index (χ0) is 11.7. The molecule has 0 bridgehead atoms. The number of carbonyl (C=O) groups is 1. The molecule has 1 amide bonds. The van der Waals surface area contributed by atoms with E-state index in [1.165, 1.54) is 0 Å². The van der Waals surface area contributed by atoms with Crippen LogP contribution in [0, 0.1) is 0 Å². The first-order valence-corrected chi connectivity index (χ1v) is 6.31. The van der Waals surface area contributed by atoms with Crippen molar-refractivity contribution in [2.75, 3.05) is 13.1 Å². The second-order valence-corrected chi connectivity index (χ2v) is 5.05. The lowest BCUT2D eigenvalue weighted by Crippen LogP contribution is -2.33. The largest absolute Gasteiger partial charge is 0.343 e. The predicted octanol–water partition coefficient (Wildman–Crippen LogP) is 1.87. The standard InChI is InChI=1S/C11H16BrN3O.ClH/c1-2-14-6-8(12)5-10(14)11(16)15-4-3-9(13)7-15;/h5-6,9H,2-4,7,13H2,1H3;1H/t9-;/m0./s1. The summed E-state index contributed by atoms with van der Waals surface area (Å²) < 4.78 is 2.90. The van der Waals surface area contributed by atoms with Gasteiger partial charge in [0.25, 0.3) is 5.91 Å². The van der Waals surface area contributed by atoms with Crippen molar-refractivity contribution in [2.45, 2.75) is 25.9 Å². The van der Waals surface area contributed by atoms with Gasteiger partial charge in [-0.1, -0.05) is 0 Å². The molecule has 1 saturated heterocycles. The first-order chi connectivity index (χ1) is 7.61. The average molecular weight is 323 g/mol. The van der Waals surface area contributed by atoms with Gasteiger partial charge in [0.05, 0.1) is 0 Å². The van der Waals surface area contributed by atoms with Crippen molar-refractivity contribution in [2.24, 2.45) is 5.73 Å². The maximum Gasteiger partial charge on any atom is 0.270 e. The van der Waals surface area contributed by atoms with E-state index in [-0.39, 0.29) is 24.4 Å². The fourth-order valence-corrected chi connectivity index (χ4v) is 2.51. The molecule has 17 heavy (non-hydrogen) atoms. The highest BCUT2D eigenvalue weighted by molar-refractivity contribution is 9.10. The molecule has 1 fully saturated rings. The van der Waals surface area contributed by atoms with Gasteiger partial charge in [0.1, 0.15) is 5.69 Å². The molecule has 2 rings (SSSR count). The summed E-state index contributed by atoms with van der Waals surface area (Å²) in [5.74, 6) is 0.0838. The molecular formula is C11H17BrClN3O. The fraction of sp³-hybridized carbons (Fsp3) is 0.545. The lowest BCUT2D eigenvalue weighted by Gasteiger charge is -2.16. The number of nitrogens with two attached hydrogens (primary N) is 1. The van der Waals surface area contributed by atoms with E-state index in [4.69, 9.17) is 5.73 Å². The van der Waals surface area contributed by atoms with Crippen LogP contribution < -0.4 is 5.73 Å². The molecule has 0 unspecified atom stereocenters. The van der Waals surface area contributed by atoms with Crippen LogP contribution in [0.1, 0.15) is 23.8 Å². The van der Waals surface area contributed by atoms with Crippen molar-refractivity contribution in [3.8, 4) is 0 Å². The van der Waals surface area contributed by atoms with Gasteiger partial charge in [-0.2, -0.15) is 0 Å². The lowest BCUT2D eigenvalue weighted by molar-refractivity contribution is 0.0780. The molecule has 2 N–H and O–H groups in total. The molecule has 0 radical (unpaired) electrons. The van der Waals surface area contributed by atoms with Crippen molar-refractivity contribution in [3.05, 3.63) is 22.4 Å². The van der Waals surface area contributed by atoms with Crippen LogP contribution in [0.5, 0.6) is 0 Å². The molecule has 1 aromatic rings. The van der Waals surface area contributed by atoms with Gasteiger partial charge in [-0.3, -0.25) is 4.79 Å². The number of amides is 1. The van der Waals surface area contributed by atoms with Crippen LogP contribution in [0.3, 0.4) is 0 Å². The van der Waals surface area contributed by atoms with Crippen molar-refractivity contribution < 1.29 is 4.79 Å². The van der Waals surface area contributed by atoms with E-state index < -0.39 is 0 Å². The van der Waals surface area contributed by atoms with Crippen LogP contribution in [0.4, 0.5) is 0 Å².